The molecule has 110 valence electrons. The molecule has 0 aromatic heterocycles. The number of thiocarbonyl (C=S) groups is 1. The average Bonchev–Trinajstić information content (AvgIpc) is 2.38. The van der Waals surface area contributed by atoms with Gasteiger partial charge in [0.05, 0.1) is 9.92 Å². The minimum atomic E-state index is -3.22. The summed E-state index contributed by atoms with van der Waals surface area (Å²) in [4.78, 5) is 0.445. The van der Waals surface area contributed by atoms with E-state index in [1.165, 1.54) is 12.1 Å². The fourth-order valence-electron chi connectivity index (χ4n) is 1.65. The quantitative estimate of drug-likeness (QED) is 0.865. The molecule has 0 atom stereocenters. The van der Waals surface area contributed by atoms with Gasteiger partial charge in [0, 0.05) is 17.9 Å². The zero-order valence-corrected chi connectivity index (χ0v) is 13.4. The summed E-state index contributed by atoms with van der Waals surface area (Å²) in [5, 5.41) is 0.396. The van der Waals surface area contributed by atoms with Crippen LogP contribution in [0.2, 0.25) is 5.02 Å². The van der Waals surface area contributed by atoms with E-state index in [0.29, 0.717) is 22.1 Å². The van der Waals surface area contributed by atoms with Crippen molar-refractivity contribution in [2.24, 2.45) is 5.73 Å². The summed E-state index contributed by atoms with van der Waals surface area (Å²) in [6.07, 6.45) is 1.15. The van der Waals surface area contributed by atoms with Crippen LogP contribution in [-0.4, -0.2) is 19.7 Å². The van der Waals surface area contributed by atoms with Crippen LogP contribution in [0.1, 0.15) is 5.56 Å². The van der Waals surface area contributed by atoms with Crippen molar-refractivity contribution in [3.8, 4) is 11.5 Å². The van der Waals surface area contributed by atoms with Crippen molar-refractivity contribution in [3.63, 3.8) is 0 Å². The molecule has 0 aliphatic heterocycles. The Morgan fingerprint density at radius 3 is 2.19 bits per heavy atom. The molecule has 0 unspecified atom stereocenters. The van der Waals surface area contributed by atoms with E-state index >= 15 is 0 Å². The molecule has 0 spiro atoms. The van der Waals surface area contributed by atoms with Gasteiger partial charge in [-0.2, -0.15) is 0 Å². The number of hydrogen-bond acceptors (Lipinski definition) is 4. The predicted molar refractivity (Wildman–Crippen MR) is 87.0 cm³/mol. The molecule has 0 amide bonds. The van der Waals surface area contributed by atoms with Crippen molar-refractivity contribution in [2.75, 3.05) is 6.26 Å². The highest BCUT2D eigenvalue weighted by molar-refractivity contribution is 7.90. The summed E-state index contributed by atoms with van der Waals surface area (Å²) in [6, 6.07) is 11.1. The van der Waals surface area contributed by atoms with Gasteiger partial charge in [0.25, 0.3) is 0 Å². The van der Waals surface area contributed by atoms with E-state index in [4.69, 9.17) is 34.3 Å². The van der Waals surface area contributed by atoms with Gasteiger partial charge in [-0.25, -0.2) is 8.42 Å². The lowest BCUT2D eigenvalue weighted by Gasteiger charge is -2.08. The third-order valence-corrected chi connectivity index (χ3v) is 4.35. The second-order valence-corrected chi connectivity index (χ2v) is 7.21. The highest BCUT2D eigenvalue weighted by Gasteiger charge is 2.08. The van der Waals surface area contributed by atoms with Crippen molar-refractivity contribution in [2.45, 2.75) is 4.90 Å². The van der Waals surface area contributed by atoms with Gasteiger partial charge in [-0.3, -0.25) is 0 Å². The molecule has 7 heteroatoms. The normalized spacial score (nSPS) is 11.1. The molecule has 2 aromatic rings. The molecule has 0 fully saturated rings. The number of sulfone groups is 1. The van der Waals surface area contributed by atoms with Crippen LogP contribution in [-0.2, 0) is 9.84 Å². The van der Waals surface area contributed by atoms with Crippen LogP contribution >= 0.6 is 23.8 Å². The molecule has 0 aliphatic carbocycles. The van der Waals surface area contributed by atoms with Gasteiger partial charge in [-0.1, -0.05) is 23.8 Å². The standard InChI is InChI=1S/C14H12ClNO3S2/c1-21(17,18)11-5-2-9(3-6-11)19-10-4-7-12(14(16)20)13(15)8-10/h2-8H,1H3,(H2,16,20). The second-order valence-electron chi connectivity index (χ2n) is 4.35. The number of halogens is 1. The molecule has 0 saturated carbocycles. The first-order valence-electron chi connectivity index (χ1n) is 5.85. The fraction of sp³-hybridized carbons (Fsp3) is 0.0714. The predicted octanol–water partition coefficient (Wildman–Crippen LogP) is 3.17. The van der Waals surface area contributed by atoms with Gasteiger partial charge in [0.2, 0.25) is 0 Å². The van der Waals surface area contributed by atoms with E-state index in [-0.39, 0.29) is 9.88 Å². The van der Waals surface area contributed by atoms with E-state index in [0.717, 1.165) is 6.26 Å². The van der Waals surface area contributed by atoms with Crippen molar-refractivity contribution in [1.29, 1.82) is 0 Å². The van der Waals surface area contributed by atoms with E-state index in [1.54, 1.807) is 30.3 Å². The molecular formula is C14H12ClNO3S2. The Labute approximate surface area is 133 Å². The first kappa shape index (κ1) is 15.8. The zero-order chi connectivity index (χ0) is 15.6. The lowest BCUT2D eigenvalue weighted by atomic mass is 10.2. The maximum atomic E-state index is 11.4. The fourth-order valence-corrected chi connectivity index (χ4v) is 2.79. The summed E-state index contributed by atoms with van der Waals surface area (Å²) >= 11 is 10.9. The molecule has 2 N–H and O–H groups in total. The largest absolute Gasteiger partial charge is 0.457 e. The Bertz CT molecular complexity index is 786. The second kappa shape index (κ2) is 6.01. The Kier molecular flexibility index (Phi) is 4.51. The third-order valence-electron chi connectivity index (χ3n) is 2.69. The first-order chi connectivity index (χ1) is 9.77. The first-order valence-corrected chi connectivity index (χ1v) is 8.52. The summed E-state index contributed by atoms with van der Waals surface area (Å²) in [5.41, 5.74) is 6.10. The van der Waals surface area contributed by atoms with E-state index in [9.17, 15) is 8.42 Å². The topological polar surface area (TPSA) is 69.4 Å². The summed E-state index contributed by atoms with van der Waals surface area (Å²) in [7, 11) is -3.22. The highest BCUT2D eigenvalue weighted by Crippen LogP contribution is 2.27. The Hall–Kier alpha value is -1.63. The smallest absolute Gasteiger partial charge is 0.175 e. The molecule has 0 aliphatic rings. The minimum absolute atomic E-state index is 0.212. The van der Waals surface area contributed by atoms with Gasteiger partial charge in [-0.05, 0) is 36.4 Å². The van der Waals surface area contributed by atoms with Crippen molar-refractivity contribution in [3.05, 3.63) is 53.1 Å². The van der Waals surface area contributed by atoms with Gasteiger partial charge in [0.15, 0.2) is 9.84 Å². The van der Waals surface area contributed by atoms with Crippen LogP contribution in [0.5, 0.6) is 11.5 Å². The van der Waals surface area contributed by atoms with Crippen LogP contribution in [0, 0.1) is 0 Å². The van der Waals surface area contributed by atoms with Crippen LogP contribution in [0.4, 0.5) is 0 Å². The van der Waals surface area contributed by atoms with E-state index in [1.807, 2.05) is 0 Å². The average molecular weight is 342 g/mol. The number of benzene rings is 2. The maximum Gasteiger partial charge on any atom is 0.175 e. The van der Waals surface area contributed by atoms with Gasteiger partial charge < -0.3 is 10.5 Å². The van der Waals surface area contributed by atoms with E-state index < -0.39 is 9.84 Å². The minimum Gasteiger partial charge on any atom is -0.457 e. The molecule has 0 bridgehead atoms. The number of rotatable bonds is 4. The van der Waals surface area contributed by atoms with Crippen LogP contribution in [0.3, 0.4) is 0 Å². The molecule has 0 saturated heterocycles. The zero-order valence-electron chi connectivity index (χ0n) is 11.0. The Morgan fingerprint density at radius 1 is 1.14 bits per heavy atom. The molecule has 0 heterocycles. The molecule has 2 aromatic carbocycles. The molecule has 0 radical (unpaired) electrons. The summed E-state index contributed by atoms with van der Waals surface area (Å²) in [6.45, 7) is 0. The third kappa shape index (κ3) is 3.93. The molecule has 2 rings (SSSR count). The molecule has 4 nitrogen and oxygen atoms in total. The van der Waals surface area contributed by atoms with Crippen LogP contribution < -0.4 is 10.5 Å². The summed E-state index contributed by atoms with van der Waals surface area (Å²) in [5.74, 6) is 1.01. The number of nitrogens with two attached hydrogens (primary N) is 1. The summed E-state index contributed by atoms with van der Waals surface area (Å²) < 4.78 is 28.3. The number of hydrogen-bond donors (Lipinski definition) is 1. The van der Waals surface area contributed by atoms with Crippen molar-refractivity contribution in [1.82, 2.24) is 0 Å². The monoisotopic (exact) mass is 341 g/mol. The number of ether oxygens (including phenoxy) is 1. The van der Waals surface area contributed by atoms with E-state index in [2.05, 4.69) is 0 Å². The Morgan fingerprint density at radius 2 is 1.71 bits per heavy atom. The van der Waals surface area contributed by atoms with Crippen molar-refractivity contribution >= 4 is 38.6 Å². The Balaban J connectivity index is 2.23. The van der Waals surface area contributed by atoms with Gasteiger partial charge in [-0.15, -0.1) is 0 Å². The van der Waals surface area contributed by atoms with Crippen molar-refractivity contribution < 1.29 is 13.2 Å². The van der Waals surface area contributed by atoms with Crippen LogP contribution in [0.15, 0.2) is 47.4 Å². The maximum absolute atomic E-state index is 11.4. The SMILES string of the molecule is CS(=O)(=O)c1ccc(Oc2ccc(C(N)=S)c(Cl)c2)cc1. The molecule has 21 heavy (non-hydrogen) atoms. The molecular weight excluding hydrogens is 330 g/mol. The van der Waals surface area contributed by atoms with Gasteiger partial charge in [0.1, 0.15) is 16.5 Å². The highest BCUT2D eigenvalue weighted by atomic mass is 35.5. The lowest BCUT2D eigenvalue weighted by Crippen LogP contribution is -2.09. The lowest BCUT2D eigenvalue weighted by molar-refractivity contribution is 0.482. The van der Waals surface area contributed by atoms with Gasteiger partial charge >= 0.3 is 0 Å². The van der Waals surface area contributed by atoms with Crippen LogP contribution in [0.25, 0.3) is 0 Å².